The number of nitrogens with zero attached hydrogens (tertiary/aromatic N) is 2. The lowest BCUT2D eigenvalue weighted by atomic mass is 9.83. The number of anilines is 1. The molecule has 1 fully saturated rings. The molecule has 8 nitrogen and oxygen atoms in total. The Balaban J connectivity index is 1.26. The third kappa shape index (κ3) is 8.09. The molecule has 43 heavy (non-hydrogen) atoms. The van der Waals surface area contributed by atoms with Gasteiger partial charge >= 0.3 is 5.97 Å². The first-order chi connectivity index (χ1) is 21.0. The Hall–Kier alpha value is -4.46. The Morgan fingerprint density at radius 2 is 1.77 bits per heavy atom. The van der Waals surface area contributed by atoms with Gasteiger partial charge in [-0.3, -0.25) is 14.4 Å². The second-order valence-corrected chi connectivity index (χ2v) is 11.1. The van der Waals surface area contributed by atoms with Gasteiger partial charge < -0.3 is 14.8 Å². The molecule has 1 aliphatic carbocycles. The Morgan fingerprint density at radius 3 is 2.51 bits per heavy atom. The summed E-state index contributed by atoms with van der Waals surface area (Å²) in [5.41, 5.74) is 4.55. The molecular formula is C35H39N3O5. The maximum absolute atomic E-state index is 13.7. The maximum atomic E-state index is 13.7. The van der Waals surface area contributed by atoms with Crippen molar-refractivity contribution in [1.82, 2.24) is 5.01 Å². The van der Waals surface area contributed by atoms with E-state index in [0.29, 0.717) is 31.9 Å². The molecule has 0 bridgehead atoms. The van der Waals surface area contributed by atoms with Gasteiger partial charge in [-0.05, 0) is 79.5 Å². The van der Waals surface area contributed by atoms with Crippen LogP contribution in [0, 0.1) is 5.92 Å². The highest BCUT2D eigenvalue weighted by Crippen LogP contribution is 2.38. The van der Waals surface area contributed by atoms with E-state index in [1.165, 1.54) is 5.01 Å². The van der Waals surface area contributed by atoms with Crippen molar-refractivity contribution in [3.05, 3.63) is 101 Å². The van der Waals surface area contributed by atoms with Gasteiger partial charge in [-0.15, -0.1) is 5.10 Å². The molecule has 2 amide bonds. The number of aryl methyl sites for hydroxylation is 1. The lowest BCUT2D eigenvalue weighted by Crippen LogP contribution is -2.36. The number of benzene rings is 3. The van der Waals surface area contributed by atoms with Gasteiger partial charge in [0.1, 0.15) is 0 Å². The first kappa shape index (κ1) is 30.0. The molecule has 224 valence electrons. The average molecular weight is 582 g/mol. The molecule has 0 aromatic heterocycles. The largest absolute Gasteiger partial charge is 0.466 e. The summed E-state index contributed by atoms with van der Waals surface area (Å²) >= 11 is 0. The predicted octanol–water partition coefficient (Wildman–Crippen LogP) is 6.21. The number of carbonyl (C=O) groups excluding carboxylic acids is 3. The van der Waals surface area contributed by atoms with Crippen LogP contribution in [0.1, 0.15) is 73.6 Å². The van der Waals surface area contributed by atoms with Crippen LogP contribution in [0.25, 0.3) is 0 Å². The number of nitrogens with one attached hydrogen (secondary N) is 1. The highest BCUT2D eigenvalue weighted by molar-refractivity contribution is 5.98. The molecule has 5 rings (SSSR count). The van der Waals surface area contributed by atoms with Crippen molar-refractivity contribution < 1.29 is 23.9 Å². The van der Waals surface area contributed by atoms with Crippen LogP contribution in [-0.4, -0.2) is 41.9 Å². The van der Waals surface area contributed by atoms with Crippen molar-refractivity contribution in [3.63, 3.8) is 0 Å². The summed E-state index contributed by atoms with van der Waals surface area (Å²) in [6.07, 6.45) is 6.11. The number of hydrazone groups is 1. The van der Waals surface area contributed by atoms with Crippen LogP contribution < -0.4 is 5.32 Å². The van der Waals surface area contributed by atoms with Gasteiger partial charge in [0.05, 0.1) is 19.1 Å². The first-order valence-corrected chi connectivity index (χ1v) is 15.2. The number of carbonyl (C=O) groups is 3. The number of ether oxygens (including phenoxy) is 2. The summed E-state index contributed by atoms with van der Waals surface area (Å²) in [7, 11) is 0. The molecule has 0 radical (unpaired) electrons. The topological polar surface area (TPSA) is 97.3 Å². The Bertz CT molecular complexity index is 1430. The molecule has 1 heterocycles. The molecule has 2 aliphatic rings. The summed E-state index contributed by atoms with van der Waals surface area (Å²) in [5, 5.41) is 9.07. The zero-order chi connectivity index (χ0) is 30.0. The molecule has 0 saturated heterocycles. The van der Waals surface area contributed by atoms with Crippen LogP contribution in [0.2, 0.25) is 0 Å². The van der Waals surface area contributed by atoms with Crippen LogP contribution in [0.15, 0.2) is 84.0 Å². The standard InChI is InChI=1S/C35H39N3O5/c1-2-42-32(40)17-9-11-25-10-8-16-30(22-25)36-34(41)33(27-12-6-7-13-27)28-20-18-26(19-21-28)23-38-31(39)24-43-35(37-38)29-14-4-3-5-15-29/h3-5,8,10,14-16,18-22,27,33H,2,6-7,9,11-13,17,23-24H2,1H3,(H,36,41). The van der Waals surface area contributed by atoms with Crippen molar-refractivity contribution in [2.45, 2.75) is 64.3 Å². The minimum absolute atomic E-state index is 0.0104. The van der Waals surface area contributed by atoms with Gasteiger partial charge in [0.25, 0.3) is 5.91 Å². The third-order valence-electron chi connectivity index (χ3n) is 8.02. The van der Waals surface area contributed by atoms with E-state index in [-0.39, 0.29) is 36.2 Å². The Kier molecular flexibility index (Phi) is 10.2. The second kappa shape index (κ2) is 14.6. The minimum Gasteiger partial charge on any atom is -0.466 e. The molecule has 3 aromatic carbocycles. The summed E-state index contributed by atoms with van der Waals surface area (Å²) in [4.78, 5) is 38.0. The number of amides is 2. The average Bonchev–Trinajstić information content (AvgIpc) is 3.54. The van der Waals surface area contributed by atoms with Gasteiger partial charge in [-0.2, -0.15) is 0 Å². The number of hydrogen-bond acceptors (Lipinski definition) is 6. The van der Waals surface area contributed by atoms with E-state index in [2.05, 4.69) is 10.4 Å². The SMILES string of the molecule is CCOC(=O)CCCc1cccc(NC(=O)C(c2ccc(CN3N=C(c4ccccc4)OCC3=O)cc2)C2CCCC2)c1. The predicted molar refractivity (Wildman–Crippen MR) is 165 cm³/mol. The van der Waals surface area contributed by atoms with Crippen molar-refractivity contribution in [3.8, 4) is 0 Å². The summed E-state index contributed by atoms with van der Waals surface area (Å²) in [6, 6.07) is 25.4. The van der Waals surface area contributed by atoms with Crippen LogP contribution >= 0.6 is 0 Å². The number of hydrogen-bond donors (Lipinski definition) is 1. The van der Waals surface area contributed by atoms with E-state index in [1.807, 2.05) is 78.9 Å². The Labute approximate surface area is 253 Å². The summed E-state index contributed by atoms with van der Waals surface area (Å²) in [6.45, 7) is 2.47. The third-order valence-corrected chi connectivity index (χ3v) is 8.02. The fourth-order valence-electron chi connectivity index (χ4n) is 5.87. The molecular weight excluding hydrogens is 542 g/mol. The highest BCUT2D eigenvalue weighted by atomic mass is 16.5. The summed E-state index contributed by atoms with van der Waals surface area (Å²) < 4.78 is 10.6. The van der Waals surface area contributed by atoms with Crippen molar-refractivity contribution in [1.29, 1.82) is 0 Å². The van der Waals surface area contributed by atoms with E-state index in [1.54, 1.807) is 6.92 Å². The molecule has 1 aliphatic heterocycles. The van der Waals surface area contributed by atoms with Crippen LogP contribution in [-0.2, 0) is 36.8 Å². The zero-order valence-electron chi connectivity index (χ0n) is 24.7. The Morgan fingerprint density at radius 1 is 1.00 bits per heavy atom. The molecule has 0 spiro atoms. The minimum atomic E-state index is -0.267. The molecule has 1 unspecified atom stereocenters. The van der Waals surface area contributed by atoms with Gasteiger partial charge in [0, 0.05) is 17.7 Å². The second-order valence-electron chi connectivity index (χ2n) is 11.1. The molecule has 8 heteroatoms. The van der Waals surface area contributed by atoms with Gasteiger partial charge in [0.15, 0.2) is 6.61 Å². The highest BCUT2D eigenvalue weighted by Gasteiger charge is 2.32. The zero-order valence-corrected chi connectivity index (χ0v) is 24.7. The van der Waals surface area contributed by atoms with E-state index >= 15 is 0 Å². The summed E-state index contributed by atoms with van der Waals surface area (Å²) in [5.74, 6) is 0.0459. The van der Waals surface area contributed by atoms with Crippen molar-refractivity contribution in [2.24, 2.45) is 11.0 Å². The smallest absolute Gasteiger partial charge is 0.305 e. The van der Waals surface area contributed by atoms with Crippen LogP contribution in [0.4, 0.5) is 5.69 Å². The van der Waals surface area contributed by atoms with Gasteiger partial charge in [0.2, 0.25) is 11.8 Å². The molecule has 1 N–H and O–H groups in total. The number of esters is 1. The van der Waals surface area contributed by atoms with Crippen molar-refractivity contribution in [2.75, 3.05) is 18.5 Å². The van der Waals surface area contributed by atoms with Gasteiger partial charge in [-0.25, -0.2) is 5.01 Å². The fraction of sp³-hybridized carbons (Fsp3) is 0.371. The van der Waals surface area contributed by atoms with E-state index in [4.69, 9.17) is 9.47 Å². The molecule has 1 atom stereocenters. The lowest BCUT2D eigenvalue weighted by Gasteiger charge is -2.25. The van der Waals surface area contributed by atoms with Crippen LogP contribution in [0.3, 0.4) is 0 Å². The van der Waals surface area contributed by atoms with Crippen molar-refractivity contribution >= 4 is 29.4 Å². The van der Waals surface area contributed by atoms with E-state index in [9.17, 15) is 14.4 Å². The monoisotopic (exact) mass is 581 g/mol. The first-order valence-electron chi connectivity index (χ1n) is 15.2. The molecule has 1 saturated carbocycles. The lowest BCUT2D eigenvalue weighted by molar-refractivity contribution is -0.143. The maximum Gasteiger partial charge on any atom is 0.305 e. The van der Waals surface area contributed by atoms with Crippen LogP contribution in [0.5, 0.6) is 0 Å². The normalized spacial score (nSPS) is 15.9. The van der Waals surface area contributed by atoms with E-state index < -0.39 is 0 Å². The van der Waals surface area contributed by atoms with Gasteiger partial charge in [-0.1, -0.05) is 67.4 Å². The fourth-order valence-corrected chi connectivity index (χ4v) is 5.87. The quantitative estimate of drug-likeness (QED) is 0.257. The van der Waals surface area contributed by atoms with E-state index in [0.717, 1.165) is 60.0 Å². The number of rotatable bonds is 12. The molecule has 3 aromatic rings.